The molecule has 0 atom stereocenters. The van der Waals surface area contributed by atoms with Crippen molar-refractivity contribution in [3.63, 3.8) is 0 Å². The van der Waals surface area contributed by atoms with Crippen molar-refractivity contribution in [3.05, 3.63) is 0 Å². The third kappa shape index (κ3) is 6.83. The van der Waals surface area contributed by atoms with Crippen molar-refractivity contribution in [3.8, 4) is 0 Å². The molecule has 0 heterocycles. The van der Waals surface area contributed by atoms with Crippen LogP contribution in [-0.4, -0.2) is 25.0 Å². The first kappa shape index (κ1) is 15.4. The molecule has 3 heteroatoms. The molecule has 0 aromatic rings. The molecule has 0 radical (unpaired) electrons. The molecule has 0 fully saturated rings. The number of carbonyl (C=O) groups excluding carboxylic acids is 1. The zero-order valence-electron chi connectivity index (χ0n) is 11.7. The van der Waals surface area contributed by atoms with Crippen LogP contribution >= 0.6 is 0 Å². The fourth-order valence-corrected chi connectivity index (χ4v) is 1.21. The number of nitrogens with one attached hydrogen (secondary N) is 2. The van der Waals surface area contributed by atoms with Gasteiger partial charge in [0.25, 0.3) is 0 Å². The molecule has 0 rings (SSSR count). The van der Waals surface area contributed by atoms with Gasteiger partial charge in [0.15, 0.2) is 0 Å². The topological polar surface area (TPSA) is 41.1 Å². The van der Waals surface area contributed by atoms with Gasteiger partial charge in [-0.25, -0.2) is 0 Å². The van der Waals surface area contributed by atoms with E-state index < -0.39 is 0 Å². The van der Waals surface area contributed by atoms with Crippen LogP contribution < -0.4 is 10.6 Å². The Balaban J connectivity index is 3.65. The van der Waals surface area contributed by atoms with E-state index in [4.69, 9.17) is 0 Å². The van der Waals surface area contributed by atoms with E-state index in [1.54, 1.807) is 0 Å². The standard InChI is InChI=1S/C13H28N2O/c1-10(2)13(5,6)9-14-8-7-12(16)15-11(3)4/h10-11,14H,7-9H2,1-6H3,(H,15,16). The van der Waals surface area contributed by atoms with E-state index in [2.05, 4.69) is 38.3 Å². The van der Waals surface area contributed by atoms with E-state index in [9.17, 15) is 4.79 Å². The minimum absolute atomic E-state index is 0.129. The molecule has 16 heavy (non-hydrogen) atoms. The van der Waals surface area contributed by atoms with Crippen molar-refractivity contribution in [2.45, 2.75) is 54.0 Å². The highest BCUT2D eigenvalue weighted by Gasteiger charge is 2.21. The Morgan fingerprint density at radius 2 is 1.75 bits per heavy atom. The lowest BCUT2D eigenvalue weighted by atomic mass is 9.81. The highest BCUT2D eigenvalue weighted by molar-refractivity contribution is 5.76. The highest BCUT2D eigenvalue weighted by Crippen LogP contribution is 2.24. The summed E-state index contributed by atoms with van der Waals surface area (Å²) in [5.41, 5.74) is 0.286. The van der Waals surface area contributed by atoms with Crippen molar-refractivity contribution in [2.75, 3.05) is 13.1 Å². The fraction of sp³-hybridized carbons (Fsp3) is 0.923. The van der Waals surface area contributed by atoms with E-state index in [1.165, 1.54) is 0 Å². The van der Waals surface area contributed by atoms with Gasteiger partial charge in [-0.3, -0.25) is 4.79 Å². The summed E-state index contributed by atoms with van der Waals surface area (Å²) in [6.45, 7) is 14.6. The van der Waals surface area contributed by atoms with Crippen LogP contribution in [0.15, 0.2) is 0 Å². The molecule has 0 spiro atoms. The second-order valence-corrected chi connectivity index (χ2v) is 5.79. The first-order valence-electron chi connectivity index (χ1n) is 6.26. The molecule has 3 nitrogen and oxygen atoms in total. The average molecular weight is 228 g/mol. The minimum atomic E-state index is 0.129. The molecule has 0 aliphatic carbocycles. The van der Waals surface area contributed by atoms with E-state index in [0.29, 0.717) is 12.3 Å². The van der Waals surface area contributed by atoms with E-state index in [0.717, 1.165) is 13.1 Å². The fourth-order valence-electron chi connectivity index (χ4n) is 1.21. The average Bonchev–Trinajstić information content (AvgIpc) is 2.11. The summed E-state index contributed by atoms with van der Waals surface area (Å²) in [7, 11) is 0. The zero-order valence-corrected chi connectivity index (χ0v) is 11.7. The second kappa shape index (κ2) is 6.89. The quantitative estimate of drug-likeness (QED) is 0.656. The van der Waals surface area contributed by atoms with Gasteiger partial charge in [-0.1, -0.05) is 27.7 Å². The van der Waals surface area contributed by atoms with Crippen LogP contribution in [0.1, 0.15) is 48.0 Å². The van der Waals surface area contributed by atoms with Gasteiger partial charge >= 0.3 is 0 Å². The molecule has 0 bridgehead atoms. The molecule has 96 valence electrons. The molecule has 0 aromatic heterocycles. The summed E-state index contributed by atoms with van der Waals surface area (Å²) >= 11 is 0. The lowest BCUT2D eigenvalue weighted by Gasteiger charge is -2.29. The van der Waals surface area contributed by atoms with Gasteiger partial charge in [0.2, 0.25) is 5.91 Å². The summed E-state index contributed by atoms with van der Waals surface area (Å²) in [5.74, 6) is 0.773. The zero-order chi connectivity index (χ0) is 12.8. The number of hydrogen-bond acceptors (Lipinski definition) is 2. The van der Waals surface area contributed by atoms with Crippen LogP contribution in [0.3, 0.4) is 0 Å². The lowest BCUT2D eigenvalue weighted by Crippen LogP contribution is -2.37. The summed E-state index contributed by atoms with van der Waals surface area (Å²) in [5, 5.41) is 6.23. The Bertz CT molecular complexity index is 210. The van der Waals surface area contributed by atoms with Gasteiger partial charge in [-0.05, 0) is 25.2 Å². The van der Waals surface area contributed by atoms with Crippen LogP contribution in [0.2, 0.25) is 0 Å². The van der Waals surface area contributed by atoms with Crippen molar-refractivity contribution in [1.82, 2.24) is 10.6 Å². The van der Waals surface area contributed by atoms with Crippen molar-refractivity contribution >= 4 is 5.91 Å². The van der Waals surface area contributed by atoms with Crippen LogP contribution in [-0.2, 0) is 4.79 Å². The highest BCUT2D eigenvalue weighted by atomic mass is 16.1. The van der Waals surface area contributed by atoms with Crippen LogP contribution in [0, 0.1) is 11.3 Å². The maximum Gasteiger partial charge on any atom is 0.221 e. The monoisotopic (exact) mass is 228 g/mol. The Morgan fingerprint density at radius 3 is 2.19 bits per heavy atom. The third-order valence-electron chi connectivity index (χ3n) is 3.12. The van der Waals surface area contributed by atoms with Gasteiger partial charge < -0.3 is 10.6 Å². The molecule has 1 amide bonds. The summed E-state index contributed by atoms with van der Waals surface area (Å²) in [4.78, 5) is 11.4. The number of amides is 1. The van der Waals surface area contributed by atoms with Crippen LogP contribution in [0.5, 0.6) is 0 Å². The SMILES string of the molecule is CC(C)NC(=O)CCNCC(C)(C)C(C)C. The smallest absolute Gasteiger partial charge is 0.221 e. The molecule has 0 saturated heterocycles. The van der Waals surface area contributed by atoms with Crippen LogP contribution in [0.25, 0.3) is 0 Å². The number of hydrogen-bond donors (Lipinski definition) is 2. The lowest BCUT2D eigenvalue weighted by molar-refractivity contribution is -0.121. The van der Waals surface area contributed by atoms with E-state index in [-0.39, 0.29) is 17.4 Å². The Morgan fingerprint density at radius 1 is 1.19 bits per heavy atom. The van der Waals surface area contributed by atoms with Gasteiger partial charge in [-0.2, -0.15) is 0 Å². The van der Waals surface area contributed by atoms with Crippen molar-refractivity contribution in [1.29, 1.82) is 0 Å². The van der Waals surface area contributed by atoms with Gasteiger partial charge in [-0.15, -0.1) is 0 Å². The molecule has 0 aliphatic rings. The molecular weight excluding hydrogens is 200 g/mol. The van der Waals surface area contributed by atoms with Gasteiger partial charge in [0, 0.05) is 25.6 Å². The molecule has 0 aromatic carbocycles. The van der Waals surface area contributed by atoms with Crippen molar-refractivity contribution in [2.24, 2.45) is 11.3 Å². The largest absolute Gasteiger partial charge is 0.354 e. The summed E-state index contributed by atoms with van der Waals surface area (Å²) < 4.78 is 0. The molecular formula is C13H28N2O. The first-order chi connectivity index (χ1) is 7.25. The minimum Gasteiger partial charge on any atom is -0.354 e. The van der Waals surface area contributed by atoms with E-state index in [1.807, 2.05) is 13.8 Å². The molecule has 0 unspecified atom stereocenters. The summed E-state index contributed by atoms with van der Waals surface area (Å²) in [6.07, 6.45) is 0.562. The Kier molecular flexibility index (Phi) is 6.65. The molecule has 0 aliphatic heterocycles. The predicted molar refractivity (Wildman–Crippen MR) is 69.4 cm³/mol. The van der Waals surface area contributed by atoms with E-state index >= 15 is 0 Å². The molecule has 0 saturated carbocycles. The Hall–Kier alpha value is -0.570. The maximum absolute atomic E-state index is 11.4. The number of carbonyl (C=O) groups is 1. The normalized spacial score (nSPS) is 12.2. The molecule has 2 N–H and O–H groups in total. The van der Waals surface area contributed by atoms with Gasteiger partial charge in [0.1, 0.15) is 0 Å². The third-order valence-corrected chi connectivity index (χ3v) is 3.12. The summed E-state index contributed by atoms with van der Waals surface area (Å²) in [6, 6.07) is 0.236. The van der Waals surface area contributed by atoms with Gasteiger partial charge in [0.05, 0.1) is 0 Å². The first-order valence-corrected chi connectivity index (χ1v) is 6.26. The van der Waals surface area contributed by atoms with Crippen LogP contribution in [0.4, 0.5) is 0 Å². The maximum atomic E-state index is 11.4. The Labute approximate surface area is 100 Å². The number of rotatable bonds is 7. The second-order valence-electron chi connectivity index (χ2n) is 5.79. The van der Waals surface area contributed by atoms with Crippen molar-refractivity contribution < 1.29 is 4.79 Å². The predicted octanol–water partition coefficient (Wildman–Crippen LogP) is 2.17.